The van der Waals surface area contributed by atoms with E-state index in [0.29, 0.717) is 6.54 Å². The van der Waals surface area contributed by atoms with Gasteiger partial charge in [0, 0.05) is 34.6 Å². The number of carbonyl (C=O) groups is 1. The summed E-state index contributed by atoms with van der Waals surface area (Å²) in [5.41, 5.74) is 6.22. The highest BCUT2D eigenvalue weighted by molar-refractivity contribution is 7.12. The zero-order valence-electron chi connectivity index (χ0n) is 17.4. The standard InChI is InChI=1S/C24H23ClN4OS/c1-16-22(12-18-8-10-20(25)11-9-18)17(2)29(28-16)24-27-21(15-31-24)13-23(30)26-14-19-6-4-3-5-7-19/h3-11,15H,12-14H2,1-2H3,(H,26,30). The molecule has 2 aromatic heterocycles. The normalized spacial score (nSPS) is 10.9. The lowest BCUT2D eigenvalue weighted by molar-refractivity contribution is -0.120. The Labute approximate surface area is 190 Å². The smallest absolute Gasteiger partial charge is 0.226 e. The molecule has 158 valence electrons. The van der Waals surface area contributed by atoms with E-state index in [1.807, 2.05) is 71.6 Å². The third-order valence-corrected chi connectivity index (χ3v) is 6.25. The number of nitrogens with one attached hydrogen (secondary N) is 1. The summed E-state index contributed by atoms with van der Waals surface area (Å²) in [4.78, 5) is 17.0. The molecule has 2 aromatic carbocycles. The number of thiazole rings is 1. The van der Waals surface area contributed by atoms with Gasteiger partial charge in [-0.3, -0.25) is 4.79 Å². The average Bonchev–Trinajstić information content (AvgIpc) is 3.34. The number of halogens is 1. The fourth-order valence-electron chi connectivity index (χ4n) is 3.42. The van der Waals surface area contributed by atoms with Crippen LogP contribution < -0.4 is 5.32 Å². The van der Waals surface area contributed by atoms with Crippen LogP contribution >= 0.6 is 22.9 Å². The molecule has 0 unspecified atom stereocenters. The second-order valence-corrected chi connectivity index (χ2v) is 8.70. The molecule has 1 amide bonds. The minimum atomic E-state index is -0.0440. The van der Waals surface area contributed by atoms with Gasteiger partial charge in [-0.15, -0.1) is 11.3 Å². The number of hydrogen-bond acceptors (Lipinski definition) is 4. The van der Waals surface area contributed by atoms with Gasteiger partial charge in [0.2, 0.25) is 11.0 Å². The van der Waals surface area contributed by atoms with Gasteiger partial charge in [0.25, 0.3) is 0 Å². The average molecular weight is 451 g/mol. The number of hydrogen-bond donors (Lipinski definition) is 1. The molecule has 1 N–H and O–H groups in total. The maximum Gasteiger partial charge on any atom is 0.226 e. The Hall–Kier alpha value is -2.96. The van der Waals surface area contributed by atoms with Crippen molar-refractivity contribution in [2.24, 2.45) is 0 Å². The highest BCUT2D eigenvalue weighted by Gasteiger charge is 2.16. The van der Waals surface area contributed by atoms with E-state index in [9.17, 15) is 4.79 Å². The molecule has 0 bridgehead atoms. The van der Waals surface area contributed by atoms with Crippen molar-refractivity contribution in [1.29, 1.82) is 0 Å². The molecule has 4 rings (SSSR count). The van der Waals surface area contributed by atoms with Crippen LogP contribution in [0.5, 0.6) is 0 Å². The van der Waals surface area contributed by atoms with Gasteiger partial charge in [0.05, 0.1) is 17.8 Å². The Morgan fingerprint density at radius 1 is 1.06 bits per heavy atom. The zero-order chi connectivity index (χ0) is 21.8. The van der Waals surface area contributed by atoms with E-state index in [1.54, 1.807) is 0 Å². The summed E-state index contributed by atoms with van der Waals surface area (Å²) in [6.45, 7) is 4.58. The number of aromatic nitrogens is 3. The first kappa shape index (κ1) is 21.3. The third kappa shape index (κ3) is 5.21. The number of nitrogens with zero attached hydrogens (tertiary/aromatic N) is 3. The van der Waals surface area contributed by atoms with Gasteiger partial charge in [-0.05, 0) is 37.1 Å². The second kappa shape index (κ2) is 9.45. The lowest BCUT2D eigenvalue weighted by Gasteiger charge is -2.04. The molecule has 0 atom stereocenters. The molecule has 0 fully saturated rings. The number of aryl methyl sites for hydroxylation is 1. The van der Waals surface area contributed by atoms with Crippen LogP contribution in [-0.4, -0.2) is 20.7 Å². The maximum absolute atomic E-state index is 12.3. The van der Waals surface area contributed by atoms with Crippen molar-refractivity contribution in [2.75, 3.05) is 0 Å². The van der Waals surface area contributed by atoms with Gasteiger partial charge in [-0.2, -0.15) is 5.10 Å². The summed E-state index contributed by atoms with van der Waals surface area (Å²) >= 11 is 7.49. The van der Waals surface area contributed by atoms with E-state index in [-0.39, 0.29) is 12.3 Å². The van der Waals surface area contributed by atoms with Gasteiger partial charge in [-0.1, -0.05) is 54.1 Å². The number of amides is 1. The first-order valence-corrected chi connectivity index (χ1v) is 11.3. The Balaban J connectivity index is 1.43. The highest BCUT2D eigenvalue weighted by atomic mass is 35.5. The van der Waals surface area contributed by atoms with Crippen LogP contribution in [-0.2, 0) is 24.2 Å². The molecule has 0 aliphatic carbocycles. The molecule has 7 heteroatoms. The van der Waals surface area contributed by atoms with E-state index in [0.717, 1.165) is 39.2 Å². The first-order chi connectivity index (χ1) is 15.0. The first-order valence-electron chi connectivity index (χ1n) is 10.0. The lowest BCUT2D eigenvalue weighted by Crippen LogP contribution is -2.24. The summed E-state index contributed by atoms with van der Waals surface area (Å²) in [5, 5.41) is 11.1. The van der Waals surface area contributed by atoms with Crippen LogP contribution in [0.4, 0.5) is 0 Å². The van der Waals surface area contributed by atoms with Crippen molar-refractivity contribution in [3.63, 3.8) is 0 Å². The lowest BCUT2D eigenvalue weighted by atomic mass is 10.0. The van der Waals surface area contributed by atoms with Crippen molar-refractivity contribution < 1.29 is 4.79 Å². The Bertz CT molecular complexity index is 1180. The van der Waals surface area contributed by atoms with E-state index >= 15 is 0 Å². The summed E-state index contributed by atoms with van der Waals surface area (Å²) in [7, 11) is 0. The molecule has 0 aliphatic heterocycles. The fourth-order valence-corrected chi connectivity index (χ4v) is 4.37. The Morgan fingerprint density at radius 3 is 2.55 bits per heavy atom. The molecular weight excluding hydrogens is 428 g/mol. The molecule has 0 saturated carbocycles. The Morgan fingerprint density at radius 2 is 1.81 bits per heavy atom. The van der Waals surface area contributed by atoms with Crippen LogP contribution in [0.3, 0.4) is 0 Å². The molecule has 5 nitrogen and oxygen atoms in total. The largest absolute Gasteiger partial charge is 0.352 e. The summed E-state index contributed by atoms with van der Waals surface area (Å²) < 4.78 is 1.87. The van der Waals surface area contributed by atoms with Gasteiger partial charge in [0.1, 0.15) is 0 Å². The van der Waals surface area contributed by atoms with Crippen LogP contribution in [0.1, 0.15) is 33.8 Å². The predicted octanol–water partition coefficient (Wildman–Crippen LogP) is 5.05. The Kier molecular flexibility index (Phi) is 6.49. The highest BCUT2D eigenvalue weighted by Crippen LogP contribution is 2.24. The summed E-state index contributed by atoms with van der Waals surface area (Å²) in [6.07, 6.45) is 1.04. The van der Waals surface area contributed by atoms with E-state index < -0.39 is 0 Å². The summed E-state index contributed by atoms with van der Waals surface area (Å²) in [6, 6.07) is 17.7. The van der Waals surface area contributed by atoms with E-state index in [2.05, 4.69) is 17.2 Å². The van der Waals surface area contributed by atoms with Crippen LogP contribution in [0.15, 0.2) is 60.0 Å². The molecule has 31 heavy (non-hydrogen) atoms. The molecule has 0 spiro atoms. The monoisotopic (exact) mass is 450 g/mol. The molecule has 0 aliphatic rings. The fraction of sp³-hybridized carbons (Fsp3) is 0.208. The second-order valence-electron chi connectivity index (χ2n) is 7.42. The van der Waals surface area contributed by atoms with E-state index in [4.69, 9.17) is 16.7 Å². The molecule has 4 aromatic rings. The minimum absolute atomic E-state index is 0.0440. The number of rotatable bonds is 7. The van der Waals surface area contributed by atoms with Gasteiger partial charge >= 0.3 is 0 Å². The van der Waals surface area contributed by atoms with Gasteiger partial charge in [-0.25, -0.2) is 9.67 Å². The predicted molar refractivity (Wildman–Crippen MR) is 125 cm³/mol. The van der Waals surface area contributed by atoms with Crippen molar-refractivity contribution in [3.8, 4) is 5.13 Å². The maximum atomic E-state index is 12.3. The van der Waals surface area contributed by atoms with Crippen LogP contribution in [0.2, 0.25) is 5.02 Å². The van der Waals surface area contributed by atoms with Crippen molar-refractivity contribution in [2.45, 2.75) is 33.2 Å². The molecular formula is C24H23ClN4OS. The van der Waals surface area contributed by atoms with E-state index in [1.165, 1.54) is 22.5 Å². The van der Waals surface area contributed by atoms with Crippen LogP contribution in [0.25, 0.3) is 5.13 Å². The van der Waals surface area contributed by atoms with Crippen molar-refractivity contribution in [3.05, 3.63) is 98.8 Å². The zero-order valence-corrected chi connectivity index (χ0v) is 19.0. The molecule has 2 heterocycles. The number of benzene rings is 2. The molecule has 0 radical (unpaired) electrons. The van der Waals surface area contributed by atoms with Gasteiger partial charge < -0.3 is 5.32 Å². The quantitative estimate of drug-likeness (QED) is 0.428. The number of carbonyl (C=O) groups excluding carboxylic acids is 1. The molecule has 0 saturated heterocycles. The SMILES string of the molecule is Cc1nn(-c2nc(CC(=O)NCc3ccccc3)cs2)c(C)c1Cc1ccc(Cl)cc1. The topological polar surface area (TPSA) is 59.8 Å². The third-order valence-electron chi connectivity index (χ3n) is 5.13. The van der Waals surface area contributed by atoms with Gasteiger partial charge in [0.15, 0.2) is 0 Å². The summed E-state index contributed by atoms with van der Waals surface area (Å²) in [5.74, 6) is -0.0440. The van der Waals surface area contributed by atoms with Crippen molar-refractivity contribution >= 4 is 28.8 Å². The van der Waals surface area contributed by atoms with Crippen LogP contribution in [0, 0.1) is 13.8 Å². The minimum Gasteiger partial charge on any atom is -0.352 e. The van der Waals surface area contributed by atoms with Crippen molar-refractivity contribution in [1.82, 2.24) is 20.1 Å².